The molecule has 2 aliphatic heterocycles. The highest BCUT2D eigenvalue weighted by molar-refractivity contribution is 5.95. The molecule has 1 saturated heterocycles. The van der Waals surface area contributed by atoms with Crippen molar-refractivity contribution in [1.82, 2.24) is 9.80 Å². The van der Waals surface area contributed by atoms with E-state index in [2.05, 4.69) is 4.90 Å². The first-order valence-electron chi connectivity index (χ1n) is 7.76. The minimum atomic E-state index is -0.281. The van der Waals surface area contributed by atoms with E-state index in [1.807, 2.05) is 11.8 Å². The number of hydrogen-bond donors (Lipinski definition) is 1. The van der Waals surface area contributed by atoms with Gasteiger partial charge in [0.25, 0.3) is 5.91 Å². The fourth-order valence-corrected chi connectivity index (χ4v) is 2.77. The molecule has 3 rings (SSSR count). The predicted molar refractivity (Wildman–Crippen MR) is 81.2 cm³/mol. The number of β-amino-alcohol motifs (C(OH)–C–C–N with tert-alkyl or cyclic N) is 1. The summed E-state index contributed by atoms with van der Waals surface area (Å²) in [7, 11) is 0. The van der Waals surface area contributed by atoms with Gasteiger partial charge in [0.1, 0.15) is 0 Å². The average molecular weight is 306 g/mol. The van der Waals surface area contributed by atoms with E-state index in [4.69, 9.17) is 9.47 Å². The van der Waals surface area contributed by atoms with Crippen molar-refractivity contribution in [2.75, 3.05) is 39.5 Å². The molecule has 1 atom stereocenters. The molecule has 6 nitrogen and oxygen atoms in total. The van der Waals surface area contributed by atoms with Crippen LogP contribution in [0.5, 0.6) is 11.5 Å². The van der Waals surface area contributed by atoms with Crippen molar-refractivity contribution >= 4 is 5.91 Å². The van der Waals surface area contributed by atoms with Crippen LogP contribution in [0.3, 0.4) is 0 Å². The van der Waals surface area contributed by atoms with Crippen molar-refractivity contribution in [2.45, 2.75) is 19.4 Å². The second-order valence-corrected chi connectivity index (χ2v) is 5.72. The molecular formula is C16H22N2O4. The topological polar surface area (TPSA) is 62.2 Å². The van der Waals surface area contributed by atoms with Crippen molar-refractivity contribution in [2.24, 2.45) is 0 Å². The number of aliphatic hydroxyl groups is 1. The molecule has 0 spiro atoms. The molecule has 0 aliphatic carbocycles. The number of benzene rings is 1. The van der Waals surface area contributed by atoms with Gasteiger partial charge in [0, 0.05) is 38.3 Å². The molecule has 0 radical (unpaired) electrons. The number of carbonyl (C=O) groups excluding carboxylic acids is 1. The third-order valence-electron chi connectivity index (χ3n) is 4.22. The summed E-state index contributed by atoms with van der Waals surface area (Å²) in [5.41, 5.74) is 0.631. The SMILES string of the molecule is CC[C@@H](O)CN1CCN(C(=O)c2ccc3c(c2)OCO3)CC1. The Bertz CT molecular complexity index is 541. The van der Waals surface area contributed by atoms with Crippen LogP contribution >= 0.6 is 0 Å². The second-order valence-electron chi connectivity index (χ2n) is 5.72. The number of ether oxygens (including phenoxy) is 2. The summed E-state index contributed by atoms with van der Waals surface area (Å²) in [6, 6.07) is 5.31. The van der Waals surface area contributed by atoms with Crippen LogP contribution in [0.15, 0.2) is 18.2 Å². The number of carbonyl (C=O) groups is 1. The Kier molecular flexibility index (Phi) is 4.49. The Morgan fingerprint density at radius 3 is 2.68 bits per heavy atom. The van der Waals surface area contributed by atoms with E-state index in [9.17, 15) is 9.90 Å². The maximum atomic E-state index is 12.5. The van der Waals surface area contributed by atoms with Gasteiger partial charge in [-0.2, -0.15) is 0 Å². The van der Waals surface area contributed by atoms with Crippen molar-refractivity contribution in [3.05, 3.63) is 23.8 Å². The zero-order chi connectivity index (χ0) is 15.5. The van der Waals surface area contributed by atoms with Crippen molar-refractivity contribution in [3.63, 3.8) is 0 Å². The monoisotopic (exact) mass is 306 g/mol. The van der Waals surface area contributed by atoms with Gasteiger partial charge in [-0.3, -0.25) is 9.69 Å². The van der Waals surface area contributed by atoms with Gasteiger partial charge in [-0.05, 0) is 24.6 Å². The number of piperazine rings is 1. The van der Waals surface area contributed by atoms with Gasteiger partial charge in [0.2, 0.25) is 6.79 Å². The minimum Gasteiger partial charge on any atom is -0.454 e. The highest BCUT2D eigenvalue weighted by atomic mass is 16.7. The van der Waals surface area contributed by atoms with E-state index in [-0.39, 0.29) is 18.8 Å². The summed E-state index contributed by atoms with van der Waals surface area (Å²) in [5.74, 6) is 1.35. The molecule has 1 N–H and O–H groups in total. The lowest BCUT2D eigenvalue weighted by atomic mass is 10.1. The van der Waals surface area contributed by atoms with E-state index >= 15 is 0 Å². The van der Waals surface area contributed by atoms with Gasteiger partial charge in [-0.1, -0.05) is 6.92 Å². The molecule has 0 unspecified atom stereocenters. The van der Waals surface area contributed by atoms with Crippen LogP contribution in [0.2, 0.25) is 0 Å². The first kappa shape index (κ1) is 15.1. The van der Waals surface area contributed by atoms with Gasteiger partial charge in [-0.25, -0.2) is 0 Å². The molecule has 120 valence electrons. The predicted octanol–water partition coefficient (Wildman–Crippen LogP) is 0.944. The number of hydrogen-bond acceptors (Lipinski definition) is 5. The van der Waals surface area contributed by atoms with Crippen molar-refractivity contribution in [1.29, 1.82) is 0 Å². The Labute approximate surface area is 130 Å². The standard InChI is InChI=1S/C16H22N2O4/c1-2-13(19)10-17-5-7-18(8-6-17)16(20)12-3-4-14-15(9-12)22-11-21-14/h3-4,9,13,19H,2,5-8,10-11H2,1H3/t13-/m1/s1. The molecule has 0 aromatic heterocycles. The number of rotatable bonds is 4. The van der Waals surface area contributed by atoms with E-state index < -0.39 is 0 Å². The molecule has 0 saturated carbocycles. The molecule has 2 aliphatic rings. The number of amides is 1. The first-order valence-corrected chi connectivity index (χ1v) is 7.76. The van der Waals surface area contributed by atoms with Crippen LogP contribution < -0.4 is 9.47 Å². The molecule has 1 aromatic rings. The quantitative estimate of drug-likeness (QED) is 0.897. The summed E-state index contributed by atoms with van der Waals surface area (Å²) in [5, 5.41) is 9.70. The van der Waals surface area contributed by atoms with Gasteiger partial charge < -0.3 is 19.5 Å². The smallest absolute Gasteiger partial charge is 0.254 e. The maximum absolute atomic E-state index is 12.5. The number of nitrogens with zero attached hydrogens (tertiary/aromatic N) is 2. The summed E-state index contributed by atoms with van der Waals surface area (Å²) in [6.45, 7) is 5.84. The summed E-state index contributed by atoms with van der Waals surface area (Å²) >= 11 is 0. The lowest BCUT2D eigenvalue weighted by Crippen LogP contribution is -2.50. The zero-order valence-corrected chi connectivity index (χ0v) is 12.8. The third-order valence-corrected chi connectivity index (χ3v) is 4.22. The highest BCUT2D eigenvalue weighted by Gasteiger charge is 2.24. The van der Waals surface area contributed by atoms with Crippen LogP contribution in [-0.4, -0.2) is 66.4 Å². The summed E-state index contributed by atoms with van der Waals surface area (Å²) < 4.78 is 10.6. The van der Waals surface area contributed by atoms with Gasteiger partial charge >= 0.3 is 0 Å². The second kappa shape index (κ2) is 6.54. The molecule has 6 heteroatoms. The molecular weight excluding hydrogens is 284 g/mol. The molecule has 22 heavy (non-hydrogen) atoms. The van der Waals surface area contributed by atoms with Gasteiger partial charge in [-0.15, -0.1) is 0 Å². The first-order chi connectivity index (χ1) is 10.7. The molecule has 2 heterocycles. The summed E-state index contributed by atoms with van der Waals surface area (Å²) in [4.78, 5) is 16.6. The fraction of sp³-hybridized carbons (Fsp3) is 0.562. The highest BCUT2D eigenvalue weighted by Crippen LogP contribution is 2.32. The van der Waals surface area contributed by atoms with Crippen LogP contribution in [0, 0.1) is 0 Å². The van der Waals surface area contributed by atoms with E-state index in [1.165, 1.54) is 0 Å². The lowest BCUT2D eigenvalue weighted by molar-refractivity contribution is 0.0523. The van der Waals surface area contributed by atoms with Crippen molar-refractivity contribution in [3.8, 4) is 11.5 Å². The number of aliphatic hydroxyl groups excluding tert-OH is 1. The average Bonchev–Trinajstić information content (AvgIpc) is 3.02. The molecule has 1 fully saturated rings. The third kappa shape index (κ3) is 3.18. The van der Waals surface area contributed by atoms with Crippen LogP contribution in [0.4, 0.5) is 0 Å². The van der Waals surface area contributed by atoms with E-state index in [0.717, 1.165) is 19.5 Å². The Morgan fingerprint density at radius 2 is 1.95 bits per heavy atom. The van der Waals surface area contributed by atoms with E-state index in [1.54, 1.807) is 18.2 Å². The largest absolute Gasteiger partial charge is 0.454 e. The van der Waals surface area contributed by atoms with Crippen LogP contribution in [0.1, 0.15) is 23.7 Å². The van der Waals surface area contributed by atoms with Crippen LogP contribution in [0.25, 0.3) is 0 Å². The summed E-state index contributed by atoms with van der Waals surface area (Å²) in [6.07, 6.45) is 0.479. The van der Waals surface area contributed by atoms with E-state index in [0.29, 0.717) is 36.7 Å². The zero-order valence-electron chi connectivity index (χ0n) is 12.8. The molecule has 1 amide bonds. The minimum absolute atomic E-state index is 0.0222. The lowest BCUT2D eigenvalue weighted by Gasteiger charge is -2.35. The van der Waals surface area contributed by atoms with Crippen LogP contribution in [-0.2, 0) is 0 Å². The van der Waals surface area contributed by atoms with Gasteiger partial charge in [0.05, 0.1) is 6.10 Å². The molecule has 1 aromatic carbocycles. The molecule has 0 bridgehead atoms. The normalized spacial score (nSPS) is 19.3. The van der Waals surface area contributed by atoms with Gasteiger partial charge in [0.15, 0.2) is 11.5 Å². The maximum Gasteiger partial charge on any atom is 0.254 e. The Balaban J connectivity index is 1.58. The Morgan fingerprint density at radius 1 is 1.23 bits per heavy atom. The Hall–Kier alpha value is -1.79. The number of fused-ring (bicyclic) bond motifs is 1. The fourth-order valence-electron chi connectivity index (χ4n) is 2.77. The van der Waals surface area contributed by atoms with Crippen molar-refractivity contribution < 1.29 is 19.4 Å².